The molecule has 0 bridgehead atoms. The summed E-state index contributed by atoms with van der Waals surface area (Å²) in [7, 11) is 2.61. The largest absolute Gasteiger partial charge is 0.453 e. The number of unbranched alkanes of at least 4 members (excludes halogenated alkanes) is 1. The van der Waals surface area contributed by atoms with Crippen LogP contribution in [0.1, 0.15) is 104 Å². The number of benzene rings is 3. The molecule has 5 aromatic rings. The monoisotopic (exact) mass is 858 g/mol. The minimum atomic E-state index is -0.712. The quantitative estimate of drug-likeness (QED) is 0.0760. The topological polar surface area (TPSA) is 175 Å². The van der Waals surface area contributed by atoms with Gasteiger partial charge in [-0.3, -0.25) is 9.59 Å². The van der Waals surface area contributed by atoms with Gasteiger partial charge in [-0.1, -0.05) is 96.0 Å². The molecule has 2 aromatic heterocycles. The fraction of sp³-hybridized carbons (Fsp3) is 0.469. The summed E-state index contributed by atoms with van der Waals surface area (Å²) in [5, 5.41) is 7.70. The third-order valence-electron chi connectivity index (χ3n) is 13.2. The lowest BCUT2D eigenvalue weighted by atomic mass is 9.97. The van der Waals surface area contributed by atoms with E-state index in [1.165, 1.54) is 14.2 Å². The number of fused-ring (bicyclic) bond motifs is 1. The lowest BCUT2D eigenvalue weighted by Gasteiger charge is -2.33. The van der Waals surface area contributed by atoms with E-state index in [0.717, 1.165) is 88.8 Å². The Morgan fingerprint density at radius 2 is 1.38 bits per heavy atom. The molecule has 5 atom stereocenters. The van der Waals surface area contributed by atoms with E-state index in [9.17, 15) is 19.2 Å². The summed E-state index contributed by atoms with van der Waals surface area (Å²) >= 11 is 0. The molecule has 1 unspecified atom stereocenters. The third-order valence-corrected chi connectivity index (χ3v) is 13.2. The number of H-pyrrole nitrogens is 2. The standard InChI is InChI=1S/C49H62N8O6/c1-9-11-22-56(46(59)42(30(5)10-2)55-48(61)63-8)31(6)43-50-27-39(52-43)37-19-18-35-23-34(16-17-36(35)24-37)32-12-14-33(15-13-32)38-26-51-44(53-38)40-25-49(20-21-49)28-57(40)45(58)41(29(3)4)54-47(60)62-7/h12-19,23-24,26-27,29-31,40-42H,9-11,20-22,25,28H2,1-8H3,(H,50,52)(H,51,53)(H,54,60)(H,55,61)/t30-,31?,40-,41-,42-/m0/s1. The number of rotatable bonds is 16. The molecule has 1 saturated carbocycles. The number of carbonyl (C=O) groups excluding carboxylic acids is 4. The van der Waals surface area contributed by atoms with Gasteiger partial charge in [0.25, 0.3) is 0 Å². The summed E-state index contributed by atoms with van der Waals surface area (Å²) in [4.78, 5) is 72.5. The molecule has 1 aliphatic carbocycles. The van der Waals surface area contributed by atoms with Gasteiger partial charge in [0.05, 0.1) is 50.1 Å². The molecule has 14 heteroatoms. The molecular formula is C49H62N8O6. The Morgan fingerprint density at radius 1 is 0.794 bits per heavy atom. The number of nitrogens with one attached hydrogen (secondary N) is 4. The number of nitrogens with zero attached hydrogens (tertiary/aromatic N) is 4. The summed E-state index contributed by atoms with van der Waals surface area (Å²) in [6.45, 7) is 13.1. The van der Waals surface area contributed by atoms with E-state index >= 15 is 0 Å². The van der Waals surface area contributed by atoms with Crippen LogP contribution in [-0.4, -0.2) is 93.1 Å². The molecule has 334 valence electrons. The van der Waals surface area contributed by atoms with Gasteiger partial charge in [0.1, 0.15) is 23.7 Å². The van der Waals surface area contributed by atoms with Crippen molar-refractivity contribution >= 4 is 34.8 Å². The van der Waals surface area contributed by atoms with Crippen molar-refractivity contribution in [3.63, 3.8) is 0 Å². The third kappa shape index (κ3) is 9.74. The van der Waals surface area contributed by atoms with Crippen LogP contribution in [0.4, 0.5) is 9.59 Å². The zero-order valence-electron chi connectivity index (χ0n) is 37.8. The summed E-state index contributed by atoms with van der Waals surface area (Å²) in [5.41, 5.74) is 5.99. The van der Waals surface area contributed by atoms with Crippen molar-refractivity contribution in [3.8, 4) is 33.6 Å². The highest BCUT2D eigenvalue weighted by Gasteiger charge is 2.55. The van der Waals surface area contributed by atoms with Gasteiger partial charge in [0, 0.05) is 18.7 Å². The Balaban J connectivity index is 1.05. The van der Waals surface area contributed by atoms with Crippen LogP contribution in [0, 0.1) is 17.3 Å². The molecular weight excluding hydrogens is 797 g/mol. The Morgan fingerprint density at radius 3 is 2.00 bits per heavy atom. The smallest absolute Gasteiger partial charge is 0.407 e. The summed E-state index contributed by atoms with van der Waals surface area (Å²) < 4.78 is 9.67. The van der Waals surface area contributed by atoms with E-state index in [-0.39, 0.29) is 41.1 Å². The fourth-order valence-corrected chi connectivity index (χ4v) is 8.75. The number of hydrogen-bond acceptors (Lipinski definition) is 8. The lowest BCUT2D eigenvalue weighted by Crippen LogP contribution is -2.52. The van der Waals surface area contributed by atoms with Crippen molar-refractivity contribution in [3.05, 3.63) is 84.7 Å². The van der Waals surface area contributed by atoms with Gasteiger partial charge in [0.15, 0.2) is 0 Å². The number of carbonyl (C=O) groups is 4. The Hall–Kier alpha value is -6.18. The van der Waals surface area contributed by atoms with Gasteiger partial charge >= 0.3 is 12.2 Å². The van der Waals surface area contributed by atoms with Crippen molar-refractivity contribution in [1.82, 2.24) is 40.4 Å². The number of alkyl carbamates (subject to hydrolysis) is 2. The summed E-state index contributed by atoms with van der Waals surface area (Å²) in [6.07, 6.45) is 7.89. The molecule has 2 fully saturated rings. The van der Waals surface area contributed by atoms with E-state index in [4.69, 9.17) is 19.4 Å². The van der Waals surface area contributed by atoms with Gasteiger partial charge in [0.2, 0.25) is 11.8 Å². The van der Waals surface area contributed by atoms with E-state index in [0.29, 0.717) is 18.9 Å². The number of methoxy groups -OCH3 is 2. The Kier molecular flexibility index (Phi) is 13.6. The van der Waals surface area contributed by atoms with Crippen LogP contribution in [-0.2, 0) is 19.1 Å². The van der Waals surface area contributed by atoms with Crippen LogP contribution < -0.4 is 10.6 Å². The maximum absolute atomic E-state index is 14.0. The maximum Gasteiger partial charge on any atom is 0.407 e. The molecule has 63 heavy (non-hydrogen) atoms. The van der Waals surface area contributed by atoms with Crippen molar-refractivity contribution in [2.24, 2.45) is 17.3 Å². The highest BCUT2D eigenvalue weighted by atomic mass is 16.5. The van der Waals surface area contributed by atoms with Crippen LogP contribution >= 0.6 is 0 Å². The van der Waals surface area contributed by atoms with Crippen LogP contribution in [0.25, 0.3) is 44.4 Å². The van der Waals surface area contributed by atoms with E-state index in [1.54, 1.807) is 0 Å². The van der Waals surface area contributed by atoms with Crippen LogP contribution in [0.3, 0.4) is 0 Å². The molecule has 1 spiro atoms. The number of amides is 4. The highest BCUT2D eigenvalue weighted by molar-refractivity contribution is 5.91. The minimum Gasteiger partial charge on any atom is -0.453 e. The lowest BCUT2D eigenvalue weighted by molar-refractivity contribution is -0.137. The molecule has 3 heterocycles. The molecule has 1 saturated heterocycles. The van der Waals surface area contributed by atoms with Crippen molar-refractivity contribution in [2.75, 3.05) is 27.3 Å². The fourth-order valence-electron chi connectivity index (χ4n) is 8.75. The maximum atomic E-state index is 14.0. The highest BCUT2D eigenvalue weighted by Crippen LogP contribution is 2.58. The second kappa shape index (κ2) is 19.1. The summed E-state index contributed by atoms with van der Waals surface area (Å²) in [5.74, 6) is 0.979. The first-order valence-electron chi connectivity index (χ1n) is 22.3. The van der Waals surface area contributed by atoms with Gasteiger partial charge in [-0.2, -0.15) is 0 Å². The SMILES string of the molecule is CCCCN(C(=O)[C@@H](NC(=O)OC)[C@@H](C)CC)C(C)c1ncc(-c2ccc3cc(-c4ccc(-c5cnc([C@@H]6CC7(CC7)CN6C(=O)[C@@H](NC(=O)OC)C(C)C)[nH]5)cc4)ccc3c2)[nH]1. The first-order chi connectivity index (χ1) is 30.3. The molecule has 7 rings (SSSR count). The predicted octanol–water partition coefficient (Wildman–Crippen LogP) is 9.18. The number of imidazole rings is 2. The number of likely N-dealkylation sites (tertiary alicyclic amines) is 1. The van der Waals surface area contributed by atoms with Crippen molar-refractivity contribution in [1.29, 1.82) is 0 Å². The second-order valence-corrected chi connectivity index (χ2v) is 17.8. The van der Waals surface area contributed by atoms with E-state index in [2.05, 4.69) is 88.2 Å². The number of hydrogen-bond donors (Lipinski definition) is 4. The average Bonchev–Trinajstić information content (AvgIpc) is 3.63. The van der Waals surface area contributed by atoms with Gasteiger partial charge < -0.3 is 39.9 Å². The first kappa shape index (κ1) is 44.9. The predicted molar refractivity (Wildman–Crippen MR) is 243 cm³/mol. The number of aromatic amines is 2. The number of ether oxygens (including phenoxy) is 2. The van der Waals surface area contributed by atoms with Crippen molar-refractivity contribution < 1.29 is 28.7 Å². The van der Waals surface area contributed by atoms with Crippen LogP contribution in [0.2, 0.25) is 0 Å². The van der Waals surface area contributed by atoms with Crippen LogP contribution in [0.15, 0.2) is 73.1 Å². The first-order valence-corrected chi connectivity index (χ1v) is 22.3. The Bertz CT molecular complexity index is 2420. The van der Waals surface area contributed by atoms with Crippen LogP contribution in [0.5, 0.6) is 0 Å². The molecule has 14 nitrogen and oxygen atoms in total. The van der Waals surface area contributed by atoms with Gasteiger partial charge in [-0.05, 0) is 89.5 Å². The molecule has 0 radical (unpaired) electrons. The second-order valence-electron chi connectivity index (χ2n) is 17.8. The zero-order valence-corrected chi connectivity index (χ0v) is 37.8. The molecule has 4 amide bonds. The van der Waals surface area contributed by atoms with E-state index in [1.807, 2.05) is 56.8 Å². The number of aromatic nitrogens is 4. The molecule has 1 aliphatic heterocycles. The van der Waals surface area contributed by atoms with E-state index < -0.39 is 24.3 Å². The van der Waals surface area contributed by atoms with Gasteiger partial charge in [-0.15, -0.1) is 0 Å². The molecule has 2 aliphatic rings. The zero-order chi connectivity index (χ0) is 45.0. The van der Waals surface area contributed by atoms with Gasteiger partial charge in [-0.25, -0.2) is 19.6 Å². The normalized spacial score (nSPS) is 17.3. The van der Waals surface area contributed by atoms with Crippen molar-refractivity contribution in [2.45, 2.75) is 104 Å². The minimum absolute atomic E-state index is 0.0819. The molecule has 4 N–H and O–H groups in total. The average molecular weight is 859 g/mol. The Labute approximate surface area is 369 Å². The summed E-state index contributed by atoms with van der Waals surface area (Å²) in [6, 6.07) is 19.2. The molecule has 3 aromatic carbocycles.